The molecule has 1 aliphatic heterocycles. The minimum Gasteiger partial charge on any atom is -0.376 e. The van der Waals surface area contributed by atoms with E-state index in [-0.39, 0.29) is 12.1 Å². The summed E-state index contributed by atoms with van der Waals surface area (Å²) < 4.78 is 31.3. The van der Waals surface area contributed by atoms with E-state index in [1.807, 2.05) is 0 Å². The third-order valence-electron chi connectivity index (χ3n) is 2.89. The molecule has 0 amide bonds. The highest BCUT2D eigenvalue weighted by Gasteiger charge is 2.18. The fourth-order valence-corrected chi connectivity index (χ4v) is 1.93. The number of benzene rings is 1. The van der Waals surface area contributed by atoms with E-state index in [2.05, 4.69) is 5.32 Å². The lowest BCUT2D eigenvalue weighted by molar-refractivity contribution is 0.0195. The zero-order valence-electron chi connectivity index (χ0n) is 9.46. The molecule has 3 N–H and O–H groups in total. The molecule has 2 unspecified atom stereocenters. The lowest BCUT2D eigenvalue weighted by atomic mass is 10.0. The molecule has 0 spiro atoms. The maximum atomic E-state index is 13.0. The van der Waals surface area contributed by atoms with Crippen molar-refractivity contribution in [1.82, 2.24) is 5.32 Å². The van der Waals surface area contributed by atoms with Crippen LogP contribution in [0.4, 0.5) is 8.78 Å². The lowest BCUT2D eigenvalue weighted by Crippen LogP contribution is -2.40. The van der Waals surface area contributed by atoms with Crippen LogP contribution in [0.15, 0.2) is 18.2 Å². The molecule has 0 aliphatic carbocycles. The van der Waals surface area contributed by atoms with Crippen LogP contribution in [0, 0.1) is 11.6 Å². The Morgan fingerprint density at radius 1 is 1.41 bits per heavy atom. The highest BCUT2D eigenvalue weighted by atomic mass is 19.2. The smallest absolute Gasteiger partial charge is 0.159 e. The maximum absolute atomic E-state index is 13.0. The average molecular weight is 242 g/mol. The summed E-state index contributed by atoms with van der Waals surface area (Å²) in [6, 6.07) is 3.43. The quantitative estimate of drug-likeness (QED) is 0.841. The summed E-state index contributed by atoms with van der Waals surface area (Å²) in [6.45, 7) is 2.25. The van der Waals surface area contributed by atoms with Gasteiger partial charge >= 0.3 is 0 Å². The third-order valence-corrected chi connectivity index (χ3v) is 2.89. The molecule has 94 valence electrons. The Morgan fingerprint density at radius 2 is 2.24 bits per heavy atom. The van der Waals surface area contributed by atoms with Crippen LogP contribution in [0.1, 0.15) is 18.0 Å². The summed E-state index contributed by atoms with van der Waals surface area (Å²) in [7, 11) is 0. The number of hydrogen-bond donors (Lipinski definition) is 2. The fourth-order valence-electron chi connectivity index (χ4n) is 1.93. The van der Waals surface area contributed by atoms with Gasteiger partial charge in [0.05, 0.1) is 12.7 Å². The van der Waals surface area contributed by atoms with E-state index in [9.17, 15) is 8.78 Å². The van der Waals surface area contributed by atoms with E-state index < -0.39 is 11.6 Å². The topological polar surface area (TPSA) is 47.3 Å². The first-order chi connectivity index (χ1) is 8.16. The van der Waals surface area contributed by atoms with E-state index >= 15 is 0 Å². The van der Waals surface area contributed by atoms with Crippen molar-refractivity contribution in [2.24, 2.45) is 5.73 Å². The molecular formula is C12H16F2N2O. The minimum absolute atomic E-state index is 0.0341. The van der Waals surface area contributed by atoms with Crippen LogP contribution in [-0.2, 0) is 4.74 Å². The monoisotopic (exact) mass is 242 g/mol. The first-order valence-electron chi connectivity index (χ1n) is 5.69. The third kappa shape index (κ3) is 3.21. The van der Waals surface area contributed by atoms with Crippen molar-refractivity contribution >= 4 is 0 Å². The minimum atomic E-state index is -0.861. The molecule has 1 aliphatic rings. The van der Waals surface area contributed by atoms with Crippen LogP contribution in [0.25, 0.3) is 0 Å². The molecule has 0 bridgehead atoms. The van der Waals surface area contributed by atoms with E-state index in [4.69, 9.17) is 10.5 Å². The molecule has 0 saturated carbocycles. The van der Waals surface area contributed by atoms with Crippen LogP contribution in [0.3, 0.4) is 0 Å². The molecular weight excluding hydrogens is 226 g/mol. The van der Waals surface area contributed by atoms with Crippen molar-refractivity contribution in [1.29, 1.82) is 0 Å². The van der Waals surface area contributed by atoms with Crippen LogP contribution in [0.2, 0.25) is 0 Å². The van der Waals surface area contributed by atoms with Gasteiger partial charge in [-0.25, -0.2) is 8.78 Å². The summed E-state index contributed by atoms with van der Waals surface area (Å²) in [5, 5.41) is 3.20. The van der Waals surface area contributed by atoms with E-state index in [1.54, 1.807) is 0 Å². The summed E-state index contributed by atoms with van der Waals surface area (Å²) in [6.07, 6.45) is 0.629. The Labute approximate surface area is 98.9 Å². The molecule has 1 saturated heterocycles. The summed E-state index contributed by atoms with van der Waals surface area (Å²) in [4.78, 5) is 0. The molecule has 3 nitrogen and oxygen atoms in total. The Hall–Kier alpha value is -1.04. The van der Waals surface area contributed by atoms with E-state index in [0.717, 1.165) is 25.2 Å². The van der Waals surface area contributed by atoms with Crippen molar-refractivity contribution in [3.8, 4) is 0 Å². The molecule has 1 fully saturated rings. The predicted molar refractivity (Wildman–Crippen MR) is 60.5 cm³/mol. The molecule has 1 heterocycles. The van der Waals surface area contributed by atoms with Gasteiger partial charge in [-0.05, 0) is 24.1 Å². The fraction of sp³-hybridized carbons (Fsp3) is 0.500. The second-order valence-electron chi connectivity index (χ2n) is 4.21. The lowest BCUT2D eigenvalue weighted by Gasteiger charge is -2.26. The van der Waals surface area contributed by atoms with Gasteiger partial charge in [0.1, 0.15) is 0 Å². The standard InChI is InChI=1S/C12H16F2N2O/c13-10-2-1-8(5-11(10)14)12(15)6-9-7-16-3-4-17-9/h1-2,5,9,12,16H,3-4,6-7,15H2. The number of nitrogens with one attached hydrogen (secondary N) is 1. The molecule has 2 rings (SSSR count). The second-order valence-corrected chi connectivity index (χ2v) is 4.21. The number of morpholine rings is 1. The molecule has 1 aromatic rings. The van der Waals surface area contributed by atoms with Crippen molar-refractivity contribution in [3.05, 3.63) is 35.4 Å². The number of halogens is 2. The van der Waals surface area contributed by atoms with Gasteiger partial charge in [0.25, 0.3) is 0 Å². The van der Waals surface area contributed by atoms with Gasteiger partial charge in [-0.3, -0.25) is 0 Å². The number of ether oxygens (including phenoxy) is 1. The largest absolute Gasteiger partial charge is 0.376 e. The van der Waals surface area contributed by atoms with Crippen LogP contribution in [0.5, 0.6) is 0 Å². The van der Waals surface area contributed by atoms with E-state index in [1.165, 1.54) is 6.07 Å². The summed E-state index contributed by atoms with van der Waals surface area (Å²) in [5.74, 6) is -1.71. The van der Waals surface area contributed by atoms with Crippen LogP contribution in [-0.4, -0.2) is 25.8 Å². The number of rotatable bonds is 3. The van der Waals surface area contributed by atoms with Gasteiger partial charge in [0, 0.05) is 19.1 Å². The zero-order valence-corrected chi connectivity index (χ0v) is 9.46. The average Bonchev–Trinajstić information content (AvgIpc) is 2.34. The normalized spacial score (nSPS) is 22.4. The van der Waals surface area contributed by atoms with Gasteiger partial charge in [-0.15, -0.1) is 0 Å². The van der Waals surface area contributed by atoms with Crippen molar-refractivity contribution in [2.45, 2.75) is 18.6 Å². The molecule has 5 heteroatoms. The van der Waals surface area contributed by atoms with Gasteiger partial charge in [0.15, 0.2) is 11.6 Å². The Bertz CT molecular complexity index is 381. The second kappa shape index (κ2) is 5.53. The van der Waals surface area contributed by atoms with E-state index in [0.29, 0.717) is 18.6 Å². The predicted octanol–water partition coefficient (Wildman–Crippen LogP) is 1.34. The zero-order chi connectivity index (χ0) is 12.3. The number of hydrogen-bond acceptors (Lipinski definition) is 3. The maximum Gasteiger partial charge on any atom is 0.159 e. The molecule has 0 aromatic heterocycles. The highest BCUT2D eigenvalue weighted by Crippen LogP contribution is 2.20. The van der Waals surface area contributed by atoms with Crippen molar-refractivity contribution < 1.29 is 13.5 Å². The van der Waals surface area contributed by atoms with Gasteiger partial charge < -0.3 is 15.8 Å². The first-order valence-corrected chi connectivity index (χ1v) is 5.69. The Balaban J connectivity index is 1.98. The molecule has 2 atom stereocenters. The van der Waals surface area contributed by atoms with Gasteiger partial charge in [-0.2, -0.15) is 0 Å². The molecule has 0 radical (unpaired) electrons. The highest BCUT2D eigenvalue weighted by molar-refractivity contribution is 5.21. The van der Waals surface area contributed by atoms with Gasteiger partial charge in [0.2, 0.25) is 0 Å². The van der Waals surface area contributed by atoms with Crippen molar-refractivity contribution in [2.75, 3.05) is 19.7 Å². The van der Waals surface area contributed by atoms with Crippen LogP contribution >= 0.6 is 0 Å². The summed E-state index contributed by atoms with van der Waals surface area (Å²) >= 11 is 0. The van der Waals surface area contributed by atoms with Crippen molar-refractivity contribution in [3.63, 3.8) is 0 Å². The van der Waals surface area contributed by atoms with Gasteiger partial charge in [-0.1, -0.05) is 6.07 Å². The Morgan fingerprint density at radius 3 is 2.88 bits per heavy atom. The Kier molecular flexibility index (Phi) is 4.04. The molecule has 17 heavy (non-hydrogen) atoms. The van der Waals surface area contributed by atoms with Crippen LogP contribution < -0.4 is 11.1 Å². The molecule has 1 aromatic carbocycles. The summed E-state index contributed by atoms with van der Waals surface area (Å²) in [5.41, 5.74) is 6.54. The SMILES string of the molecule is NC(CC1CNCCO1)c1ccc(F)c(F)c1. The number of nitrogens with two attached hydrogens (primary N) is 1. The first kappa shape index (κ1) is 12.4.